The lowest BCUT2D eigenvalue weighted by Gasteiger charge is -2.22. The summed E-state index contributed by atoms with van der Waals surface area (Å²) in [4.78, 5) is 10.5. The average molecular weight is 226 g/mol. The van der Waals surface area contributed by atoms with Crippen LogP contribution in [0.15, 0.2) is 12.3 Å². The van der Waals surface area contributed by atoms with Gasteiger partial charge in [-0.25, -0.2) is 9.97 Å². The quantitative estimate of drug-likeness (QED) is 0.722. The number of hydrogen-bond donors (Lipinski definition) is 0. The van der Waals surface area contributed by atoms with Crippen LogP contribution in [0.3, 0.4) is 0 Å². The van der Waals surface area contributed by atoms with E-state index in [1.807, 2.05) is 6.07 Å². The van der Waals surface area contributed by atoms with Crippen LogP contribution in [0.5, 0.6) is 0 Å². The number of aromatic nitrogens is 2. The molecule has 0 aromatic carbocycles. The second kappa shape index (κ2) is 4.79. The molecule has 1 fully saturated rings. The van der Waals surface area contributed by atoms with Crippen molar-refractivity contribution in [2.24, 2.45) is 5.92 Å². The molecule has 1 saturated carbocycles. The van der Waals surface area contributed by atoms with Gasteiger partial charge in [-0.15, -0.1) is 0 Å². The lowest BCUT2D eigenvalue weighted by molar-refractivity contribution is 0.698. The fourth-order valence-corrected chi connectivity index (χ4v) is 1.83. The molecule has 0 unspecified atom stereocenters. The fraction of sp³-hybridized carbons (Fsp3) is 0.636. The summed E-state index contributed by atoms with van der Waals surface area (Å²) in [7, 11) is 0. The van der Waals surface area contributed by atoms with Crippen LogP contribution in [0.1, 0.15) is 26.2 Å². The Labute approximate surface area is 95.5 Å². The van der Waals surface area contributed by atoms with Crippen LogP contribution in [0, 0.1) is 5.92 Å². The predicted octanol–water partition coefficient (Wildman–Crippen LogP) is 2.76. The first-order chi connectivity index (χ1) is 7.29. The molecule has 1 aromatic heterocycles. The zero-order chi connectivity index (χ0) is 10.7. The lowest BCUT2D eigenvalue weighted by atomic mass is 10.3. The van der Waals surface area contributed by atoms with E-state index in [0.29, 0.717) is 5.28 Å². The van der Waals surface area contributed by atoms with E-state index in [0.717, 1.165) is 31.2 Å². The first-order valence-electron chi connectivity index (χ1n) is 5.53. The predicted molar refractivity (Wildman–Crippen MR) is 62.3 cm³/mol. The van der Waals surface area contributed by atoms with Crippen molar-refractivity contribution in [2.75, 3.05) is 18.0 Å². The molecule has 0 radical (unpaired) electrons. The minimum Gasteiger partial charge on any atom is -0.356 e. The maximum absolute atomic E-state index is 5.79. The molecule has 0 amide bonds. The molecule has 1 heterocycles. The van der Waals surface area contributed by atoms with Crippen molar-refractivity contribution in [1.29, 1.82) is 0 Å². The van der Waals surface area contributed by atoms with E-state index in [-0.39, 0.29) is 0 Å². The Hall–Kier alpha value is -0.830. The number of hydrogen-bond acceptors (Lipinski definition) is 3. The summed E-state index contributed by atoms with van der Waals surface area (Å²) < 4.78 is 0. The minimum atomic E-state index is 0.337. The van der Waals surface area contributed by atoms with Crippen LogP contribution in [0.4, 0.5) is 5.82 Å². The van der Waals surface area contributed by atoms with E-state index in [9.17, 15) is 0 Å². The maximum Gasteiger partial charge on any atom is 0.224 e. The topological polar surface area (TPSA) is 29.0 Å². The smallest absolute Gasteiger partial charge is 0.224 e. The second-order valence-corrected chi connectivity index (χ2v) is 4.41. The molecule has 1 aliphatic rings. The molecule has 82 valence electrons. The lowest BCUT2D eigenvalue weighted by Crippen LogP contribution is -2.27. The third-order valence-corrected chi connectivity index (χ3v) is 2.79. The van der Waals surface area contributed by atoms with Gasteiger partial charge in [0.2, 0.25) is 5.28 Å². The number of halogens is 1. The summed E-state index contributed by atoms with van der Waals surface area (Å²) in [6, 6.07) is 1.93. The highest BCUT2D eigenvalue weighted by molar-refractivity contribution is 6.28. The van der Waals surface area contributed by atoms with E-state index in [1.54, 1.807) is 6.20 Å². The summed E-state index contributed by atoms with van der Waals surface area (Å²) in [5.74, 6) is 1.83. The minimum absolute atomic E-state index is 0.337. The van der Waals surface area contributed by atoms with Gasteiger partial charge in [-0.05, 0) is 42.8 Å². The summed E-state index contributed by atoms with van der Waals surface area (Å²) in [6.45, 7) is 4.34. The molecule has 0 N–H and O–H groups in total. The Morgan fingerprint density at radius 1 is 1.53 bits per heavy atom. The number of rotatable bonds is 5. The standard InChI is InChI=1S/C11H16ClN3/c1-2-7-15(8-9-3-4-9)10-5-6-13-11(12)14-10/h5-6,9H,2-4,7-8H2,1H3. The summed E-state index contributed by atoms with van der Waals surface area (Å²) in [5, 5.41) is 0.337. The molecule has 0 saturated heterocycles. The Morgan fingerprint density at radius 2 is 2.33 bits per heavy atom. The highest BCUT2D eigenvalue weighted by Crippen LogP contribution is 2.31. The van der Waals surface area contributed by atoms with Crippen LogP contribution in [-0.4, -0.2) is 23.1 Å². The highest BCUT2D eigenvalue weighted by Gasteiger charge is 2.24. The molecule has 0 bridgehead atoms. The van der Waals surface area contributed by atoms with E-state index in [4.69, 9.17) is 11.6 Å². The molecular formula is C11H16ClN3. The van der Waals surface area contributed by atoms with Crippen LogP contribution >= 0.6 is 11.6 Å². The van der Waals surface area contributed by atoms with Crippen LogP contribution in [0.2, 0.25) is 5.28 Å². The Kier molecular flexibility index (Phi) is 3.41. The van der Waals surface area contributed by atoms with Gasteiger partial charge in [-0.2, -0.15) is 0 Å². The number of anilines is 1. The van der Waals surface area contributed by atoms with Crippen LogP contribution in [0.25, 0.3) is 0 Å². The van der Waals surface area contributed by atoms with Crippen molar-refractivity contribution >= 4 is 17.4 Å². The average Bonchev–Trinajstić information content (AvgIpc) is 3.01. The first-order valence-corrected chi connectivity index (χ1v) is 5.91. The second-order valence-electron chi connectivity index (χ2n) is 4.07. The Bertz CT molecular complexity index is 325. The SMILES string of the molecule is CCCN(CC1CC1)c1ccnc(Cl)n1. The van der Waals surface area contributed by atoms with Gasteiger partial charge in [0.25, 0.3) is 0 Å². The molecule has 15 heavy (non-hydrogen) atoms. The molecule has 1 aromatic rings. The molecule has 0 aliphatic heterocycles. The molecule has 2 rings (SSSR count). The largest absolute Gasteiger partial charge is 0.356 e. The van der Waals surface area contributed by atoms with E-state index < -0.39 is 0 Å². The van der Waals surface area contributed by atoms with Crippen molar-refractivity contribution in [3.05, 3.63) is 17.5 Å². The molecule has 0 atom stereocenters. The molecule has 4 heteroatoms. The third-order valence-electron chi connectivity index (χ3n) is 2.60. The zero-order valence-electron chi connectivity index (χ0n) is 8.99. The summed E-state index contributed by atoms with van der Waals surface area (Å²) in [6.07, 6.45) is 5.58. The van der Waals surface area contributed by atoms with Gasteiger partial charge in [0.15, 0.2) is 0 Å². The number of nitrogens with zero attached hydrogens (tertiary/aromatic N) is 3. The van der Waals surface area contributed by atoms with Crippen LogP contribution < -0.4 is 4.90 Å². The maximum atomic E-state index is 5.79. The monoisotopic (exact) mass is 225 g/mol. The van der Waals surface area contributed by atoms with Crippen LogP contribution in [-0.2, 0) is 0 Å². The van der Waals surface area contributed by atoms with E-state index >= 15 is 0 Å². The van der Waals surface area contributed by atoms with Crippen molar-refractivity contribution in [3.8, 4) is 0 Å². The third kappa shape index (κ3) is 3.06. The van der Waals surface area contributed by atoms with Crippen molar-refractivity contribution in [2.45, 2.75) is 26.2 Å². The van der Waals surface area contributed by atoms with Crippen molar-refractivity contribution in [3.63, 3.8) is 0 Å². The normalized spacial score (nSPS) is 15.3. The molecule has 3 nitrogen and oxygen atoms in total. The van der Waals surface area contributed by atoms with E-state index in [2.05, 4.69) is 21.8 Å². The summed E-state index contributed by atoms with van der Waals surface area (Å²) in [5.41, 5.74) is 0. The van der Waals surface area contributed by atoms with E-state index in [1.165, 1.54) is 12.8 Å². The highest BCUT2D eigenvalue weighted by atomic mass is 35.5. The van der Waals surface area contributed by atoms with Gasteiger partial charge in [-0.1, -0.05) is 6.92 Å². The first kappa shape index (κ1) is 10.7. The fourth-order valence-electron chi connectivity index (χ4n) is 1.68. The van der Waals surface area contributed by atoms with Gasteiger partial charge in [0, 0.05) is 19.3 Å². The van der Waals surface area contributed by atoms with Gasteiger partial charge in [-0.3, -0.25) is 0 Å². The molecule has 0 spiro atoms. The van der Waals surface area contributed by atoms with Gasteiger partial charge >= 0.3 is 0 Å². The molecule has 1 aliphatic carbocycles. The zero-order valence-corrected chi connectivity index (χ0v) is 9.74. The Morgan fingerprint density at radius 3 is 2.93 bits per heavy atom. The summed E-state index contributed by atoms with van der Waals surface area (Å²) >= 11 is 5.79. The van der Waals surface area contributed by atoms with Gasteiger partial charge < -0.3 is 4.90 Å². The Balaban J connectivity index is 2.07. The van der Waals surface area contributed by atoms with Gasteiger partial charge in [0.1, 0.15) is 5.82 Å². The van der Waals surface area contributed by atoms with Crippen molar-refractivity contribution < 1.29 is 0 Å². The van der Waals surface area contributed by atoms with Gasteiger partial charge in [0.05, 0.1) is 0 Å². The molecular weight excluding hydrogens is 210 g/mol. The van der Waals surface area contributed by atoms with Crippen molar-refractivity contribution in [1.82, 2.24) is 9.97 Å².